The molecule has 0 fully saturated rings. The molecule has 2 aromatic carbocycles. The largest absolute Gasteiger partial charge is 0.328 e. The average Bonchev–Trinajstić information content (AvgIpc) is 3.19. The van der Waals surface area contributed by atoms with Crippen LogP contribution in [0.3, 0.4) is 0 Å². The quantitative estimate of drug-likeness (QED) is 0.783. The smallest absolute Gasteiger partial charge is 0.261 e. The zero-order chi connectivity index (χ0) is 17.4. The molecule has 1 aromatic heterocycles. The monoisotopic (exact) mass is 339 g/mol. The van der Waals surface area contributed by atoms with Gasteiger partial charge < -0.3 is 9.88 Å². The highest BCUT2D eigenvalue weighted by Crippen LogP contribution is 2.26. The third kappa shape index (κ3) is 2.80. The summed E-state index contributed by atoms with van der Waals surface area (Å²) >= 11 is 0. The SMILES string of the molecule is O=C(Nc1ccc(-c2cnc3n2CCC3)cc1)c1c(F)cccc1F. The summed E-state index contributed by atoms with van der Waals surface area (Å²) in [7, 11) is 0. The van der Waals surface area contributed by atoms with Crippen molar-refractivity contribution in [3.8, 4) is 11.3 Å². The molecule has 0 saturated carbocycles. The molecule has 0 unspecified atom stereocenters. The summed E-state index contributed by atoms with van der Waals surface area (Å²) in [6.07, 6.45) is 3.93. The van der Waals surface area contributed by atoms with Crippen LogP contribution in [0.4, 0.5) is 14.5 Å². The van der Waals surface area contributed by atoms with Gasteiger partial charge >= 0.3 is 0 Å². The summed E-state index contributed by atoms with van der Waals surface area (Å²) in [6.45, 7) is 0.954. The Morgan fingerprint density at radius 3 is 2.52 bits per heavy atom. The summed E-state index contributed by atoms with van der Waals surface area (Å²) < 4.78 is 29.5. The molecule has 0 bridgehead atoms. The Balaban J connectivity index is 1.55. The number of rotatable bonds is 3. The van der Waals surface area contributed by atoms with Crippen molar-refractivity contribution < 1.29 is 13.6 Å². The number of nitrogens with one attached hydrogen (secondary N) is 1. The van der Waals surface area contributed by atoms with E-state index in [1.165, 1.54) is 6.07 Å². The molecule has 1 N–H and O–H groups in total. The Morgan fingerprint density at radius 1 is 1.08 bits per heavy atom. The van der Waals surface area contributed by atoms with Gasteiger partial charge in [-0.3, -0.25) is 4.79 Å². The van der Waals surface area contributed by atoms with Crippen molar-refractivity contribution in [1.29, 1.82) is 0 Å². The van der Waals surface area contributed by atoms with Gasteiger partial charge in [0.1, 0.15) is 23.0 Å². The van der Waals surface area contributed by atoms with Crippen LogP contribution in [0.5, 0.6) is 0 Å². The van der Waals surface area contributed by atoms with Crippen molar-refractivity contribution in [1.82, 2.24) is 9.55 Å². The number of aryl methyl sites for hydroxylation is 1. The summed E-state index contributed by atoms with van der Waals surface area (Å²) in [5, 5.41) is 2.52. The maximum atomic E-state index is 13.7. The van der Waals surface area contributed by atoms with Crippen LogP contribution in [-0.4, -0.2) is 15.5 Å². The Labute approximate surface area is 143 Å². The predicted octanol–water partition coefficient (Wildman–Crippen LogP) is 4.03. The fraction of sp³-hybridized carbons (Fsp3) is 0.158. The number of benzene rings is 2. The second-order valence-corrected chi connectivity index (χ2v) is 5.94. The van der Waals surface area contributed by atoms with E-state index in [0.717, 1.165) is 48.6 Å². The summed E-state index contributed by atoms with van der Waals surface area (Å²) in [5.41, 5.74) is 1.90. The molecule has 25 heavy (non-hydrogen) atoms. The van der Waals surface area contributed by atoms with Crippen molar-refractivity contribution in [3.05, 3.63) is 71.7 Å². The highest BCUT2D eigenvalue weighted by molar-refractivity contribution is 6.04. The van der Waals surface area contributed by atoms with Crippen LogP contribution in [0.25, 0.3) is 11.3 Å². The lowest BCUT2D eigenvalue weighted by Crippen LogP contribution is -2.15. The molecule has 2 heterocycles. The molecule has 0 aliphatic carbocycles. The minimum Gasteiger partial charge on any atom is -0.328 e. The number of aromatic nitrogens is 2. The second kappa shape index (κ2) is 6.12. The van der Waals surface area contributed by atoms with Crippen LogP contribution in [0.1, 0.15) is 22.6 Å². The molecule has 3 aromatic rings. The summed E-state index contributed by atoms with van der Waals surface area (Å²) in [4.78, 5) is 16.5. The van der Waals surface area contributed by atoms with Gasteiger partial charge in [-0.25, -0.2) is 13.8 Å². The van der Waals surface area contributed by atoms with Crippen molar-refractivity contribution in [2.24, 2.45) is 0 Å². The number of carbonyl (C=O) groups excluding carboxylic acids is 1. The fourth-order valence-corrected chi connectivity index (χ4v) is 3.12. The molecule has 4 rings (SSSR count). The number of carbonyl (C=O) groups is 1. The number of nitrogens with zero attached hydrogens (tertiary/aromatic N) is 2. The van der Waals surface area contributed by atoms with E-state index < -0.39 is 23.1 Å². The Bertz CT molecular complexity index is 928. The molecule has 0 saturated heterocycles. The molecule has 0 atom stereocenters. The summed E-state index contributed by atoms with van der Waals surface area (Å²) in [6, 6.07) is 10.5. The average molecular weight is 339 g/mol. The van der Waals surface area contributed by atoms with Crippen LogP contribution in [0.2, 0.25) is 0 Å². The van der Waals surface area contributed by atoms with E-state index in [9.17, 15) is 13.6 Å². The van der Waals surface area contributed by atoms with Crippen LogP contribution in [0, 0.1) is 11.6 Å². The standard InChI is InChI=1S/C19H15F2N3O/c20-14-3-1-4-15(21)18(14)19(25)23-13-8-6-12(7-9-13)16-11-22-17-5-2-10-24(16)17/h1,3-4,6-9,11H,2,5,10H2,(H,23,25). The van der Waals surface area contributed by atoms with Gasteiger partial charge in [0.25, 0.3) is 5.91 Å². The van der Waals surface area contributed by atoms with Crippen molar-refractivity contribution in [2.75, 3.05) is 5.32 Å². The molecule has 4 nitrogen and oxygen atoms in total. The second-order valence-electron chi connectivity index (χ2n) is 5.94. The molecule has 1 aliphatic heterocycles. The number of hydrogen-bond acceptors (Lipinski definition) is 2. The first kappa shape index (κ1) is 15.5. The van der Waals surface area contributed by atoms with E-state index in [1.54, 1.807) is 12.1 Å². The van der Waals surface area contributed by atoms with Gasteiger partial charge in [0, 0.05) is 18.7 Å². The van der Waals surface area contributed by atoms with E-state index in [-0.39, 0.29) is 0 Å². The fourth-order valence-electron chi connectivity index (χ4n) is 3.12. The van der Waals surface area contributed by atoms with E-state index in [0.29, 0.717) is 5.69 Å². The zero-order valence-electron chi connectivity index (χ0n) is 13.3. The molecule has 0 radical (unpaired) electrons. The number of fused-ring (bicyclic) bond motifs is 1. The van der Waals surface area contributed by atoms with E-state index in [1.807, 2.05) is 18.3 Å². The van der Waals surface area contributed by atoms with Crippen LogP contribution in [-0.2, 0) is 13.0 Å². The molecule has 6 heteroatoms. The minimum absolute atomic E-state index is 0.470. The highest BCUT2D eigenvalue weighted by Gasteiger charge is 2.18. The highest BCUT2D eigenvalue weighted by atomic mass is 19.1. The maximum absolute atomic E-state index is 13.7. The minimum atomic E-state index is -0.885. The van der Waals surface area contributed by atoms with Crippen molar-refractivity contribution in [2.45, 2.75) is 19.4 Å². The molecule has 1 amide bonds. The first-order chi connectivity index (χ1) is 12.1. The number of anilines is 1. The number of halogens is 2. The van der Waals surface area contributed by atoms with Gasteiger partial charge in [0.05, 0.1) is 11.9 Å². The maximum Gasteiger partial charge on any atom is 0.261 e. The van der Waals surface area contributed by atoms with Gasteiger partial charge in [-0.05, 0) is 36.2 Å². The van der Waals surface area contributed by atoms with E-state index in [4.69, 9.17) is 0 Å². The third-order valence-corrected chi connectivity index (χ3v) is 4.35. The lowest BCUT2D eigenvalue weighted by Gasteiger charge is -2.09. The molecule has 126 valence electrons. The van der Waals surface area contributed by atoms with Gasteiger partial charge in [-0.1, -0.05) is 18.2 Å². The first-order valence-corrected chi connectivity index (χ1v) is 8.03. The zero-order valence-corrected chi connectivity index (χ0v) is 13.3. The normalized spacial score (nSPS) is 12.9. The number of hydrogen-bond donors (Lipinski definition) is 1. The van der Waals surface area contributed by atoms with E-state index >= 15 is 0 Å². The van der Waals surface area contributed by atoms with Gasteiger partial charge in [0.2, 0.25) is 0 Å². The van der Waals surface area contributed by atoms with Gasteiger partial charge in [-0.2, -0.15) is 0 Å². The van der Waals surface area contributed by atoms with E-state index in [2.05, 4.69) is 14.9 Å². The Morgan fingerprint density at radius 2 is 1.80 bits per heavy atom. The molecular formula is C19H15F2N3O. The Hall–Kier alpha value is -3.02. The third-order valence-electron chi connectivity index (χ3n) is 4.35. The molecule has 0 spiro atoms. The molecular weight excluding hydrogens is 324 g/mol. The first-order valence-electron chi connectivity index (χ1n) is 8.03. The van der Waals surface area contributed by atoms with Gasteiger partial charge in [-0.15, -0.1) is 0 Å². The van der Waals surface area contributed by atoms with Crippen LogP contribution < -0.4 is 5.32 Å². The number of amides is 1. The van der Waals surface area contributed by atoms with Crippen molar-refractivity contribution >= 4 is 11.6 Å². The van der Waals surface area contributed by atoms with Crippen LogP contribution >= 0.6 is 0 Å². The number of imidazole rings is 1. The summed E-state index contributed by atoms with van der Waals surface area (Å²) in [5.74, 6) is -1.50. The lowest BCUT2D eigenvalue weighted by atomic mass is 10.1. The topological polar surface area (TPSA) is 46.9 Å². The van der Waals surface area contributed by atoms with Gasteiger partial charge in [0.15, 0.2) is 0 Å². The van der Waals surface area contributed by atoms with Crippen LogP contribution in [0.15, 0.2) is 48.7 Å². The Kier molecular flexibility index (Phi) is 3.80. The molecule has 1 aliphatic rings. The lowest BCUT2D eigenvalue weighted by molar-refractivity contribution is 0.101. The predicted molar refractivity (Wildman–Crippen MR) is 90.3 cm³/mol. The van der Waals surface area contributed by atoms with Crippen molar-refractivity contribution in [3.63, 3.8) is 0 Å².